The van der Waals surface area contributed by atoms with Gasteiger partial charge in [-0.3, -0.25) is 0 Å². The minimum absolute atomic E-state index is 0.140. The summed E-state index contributed by atoms with van der Waals surface area (Å²) in [5, 5.41) is 4.92. The van der Waals surface area contributed by atoms with E-state index in [1.54, 1.807) is 0 Å². The maximum absolute atomic E-state index is 13.5. The highest BCUT2D eigenvalue weighted by Gasteiger charge is 2.33. The Kier molecular flexibility index (Phi) is 3.77. The Morgan fingerprint density at radius 1 is 0.905 bits per heavy atom. The second-order valence-electron chi connectivity index (χ2n) is 4.26. The molecule has 0 aliphatic heterocycles. The van der Waals surface area contributed by atoms with Crippen molar-refractivity contribution >= 4 is 10.0 Å². The molecule has 2 aromatic rings. The third-order valence-corrected chi connectivity index (χ3v) is 3.72. The van der Waals surface area contributed by atoms with Gasteiger partial charge in [-0.1, -0.05) is 18.2 Å². The van der Waals surface area contributed by atoms with Crippen molar-refractivity contribution in [2.75, 3.05) is 0 Å². The van der Waals surface area contributed by atoms with Crippen molar-refractivity contribution in [1.29, 1.82) is 0 Å². The molecule has 0 amide bonds. The average molecular weight is 319 g/mol. The number of hydrogen-bond acceptors (Lipinski definition) is 2. The van der Waals surface area contributed by atoms with E-state index in [0.29, 0.717) is 11.6 Å². The summed E-state index contributed by atoms with van der Waals surface area (Å²) in [5.74, 6) is -1.39. The lowest BCUT2D eigenvalue weighted by atomic mass is 10.0. The van der Waals surface area contributed by atoms with Gasteiger partial charge in [0.2, 0.25) is 10.0 Å². The standard InChI is InChI=1S/C13H9F4NO2S/c14-12-7-9(3-6-11(12)13(15,16)17)8-1-4-10(5-2-8)21(18,19)20/h1-7H,(H2,18,19,20). The van der Waals surface area contributed by atoms with Crippen LogP contribution in [0.5, 0.6) is 0 Å². The fraction of sp³-hybridized carbons (Fsp3) is 0.0769. The van der Waals surface area contributed by atoms with E-state index in [4.69, 9.17) is 5.14 Å². The molecule has 112 valence electrons. The summed E-state index contributed by atoms with van der Waals surface area (Å²) in [6.45, 7) is 0. The van der Waals surface area contributed by atoms with Gasteiger partial charge in [-0.05, 0) is 35.4 Å². The van der Waals surface area contributed by atoms with Crippen molar-refractivity contribution in [1.82, 2.24) is 0 Å². The predicted octanol–water partition coefficient (Wildman–Crippen LogP) is 3.16. The monoisotopic (exact) mass is 319 g/mol. The highest BCUT2D eigenvalue weighted by atomic mass is 32.2. The molecule has 0 bridgehead atoms. The molecule has 0 aliphatic carbocycles. The van der Waals surface area contributed by atoms with Crippen molar-refractivity contribution < 1.29 is 26.0 Å². The van der Waals surface area contributed by atoms with Gasteiger partial charge in [-0.2, -0.15) is 13.2 Å². The molecule has 0 unspecified atom stereocenters. The summed E-state index contributed by atoms with van der Waals surface area (Å²) < 4.78 is 73.0. The van der Waals surface area contributed by atoms with Crippen LogP contribution in [0.1, 0.15) is 5.56 Å². The van der Waals surface area contributed by atoms with Gasteiger partial charge >= 0.3 is 6.18 Å². The average Bonchev–Trinajstić information content (AvgIpc) is 2.36. The zero-order valence-electron chi connectivity index (χ0n) is 10.4. The molecule has 0 saturated carbocycles. The molecule has 2 aromatic carbocycles. The Labute approximate surface area is 118 Å². The van der Waals surface area contributed by atoms with Crippen molar-refractivity contribution in [2.45, 2.75) is 11.1 Å². The van der Waals surface area contributed by atoms with Gasteiger partial charge in [-0.25, -0.2) is 17.9 Å². The first-order chi connectivity index (χ1) is 9.59. The molecular formula is C13H9F4NO2S. The fourth-order valence-electron chi connectivity index (χ4n) is 1.76. The molecule has 2 N–H and O–H groups in total. The number of rotatable bonds is 2. The largest absolute Gasteiger partial charge is 0.419 e. The van der Waals surface area contributed by atoms with Crippen LogP contribution in [0.15, 0.2) is 47.4 Å². The molecule has 0 radical (unpaired) electrons. The van der Waals surface area contributed by atoms with Gasteiger partial charge in [0.05, 0.1) is 10.5 Å². The number of alkyl halides is 3. The number of primary sulfonamides is 1. The first-order valence-electron chi connectivity index (χ1n) is 5.59. The molecule has 2 rings (SSSR count). The summed E-state index contributed by atoms with van der Waals surface area (Å²) >= 11 is 0. The van der Waals surface area contributed by atoms with Crippen LogP contribution in [0.25, 0.3) is 11.1 Å². The van der Waals surface area contributed by atoms with E-state index >= 15 is 0 Å². The summed E-state index contributed by atoms with van der Waals surface area (Å²) in [6.07, 6.45) is -4.76. The van der Waals surface area contributed by atoms with E-state index in [2.05, 4.69) is 0 Å². The SMILES string of the molecule is NS(=O)(=O)c1ccc(-c2ccc(C(F)(F)F)c(F)c2)cc1. The quantitative estimate of drug-likeness (QED) is 0.864. The molecule has 3 nitrogen and oxygen atoms in total. The van der Waals surface area contributed by atoms with E-state index in [9.17, 15) is 26.0 Å². The molecule has 0 aromatic heterocycles. The molecule has 0 spiro atoms. The summed E-state index contributed by atoms with van der Waals surface area (Å²) in [5.41, 5.74) is -0.788. The smallest absolute Gasteiger partial charge is 0.225 e. The van der Waals surface area contributed by atoms with Gasteiger partial charge in [0, 0.05) is 0 Å². The second kappa shape index (κ2) is 5.12. The summed E-state index contributed by atoms with van der Waals surface area (Å²) in [4.78, 5) is -0.140. The first kappa shape index (κ1) is 15.5. The number of sulfonamides is 1. The van der Waals surface area contributed by atoms with Crippen molar-refractivity contribution in [3.63, 3.8) is 0 Å². The Morgan fingerprint density at radius 2 is 1.43 bits per heavy atom. The van der Waals surface area contributed by atoms with Crippen LogP contribution in [-0.2, 0) is 16.2 Å². The van der Waals surface area contributed by atoms with Crippen LogP contribution < -0.4 is 5.14 Å². The molecule has 0 fully saturated rings. The Balaban J connectivity index is 2.42. The molecule has 21 heavy (non-hydrogen) atoms. The van der Waals surface area contributed by atoms with Gasteiger partial charge < -0.3 is 0 Å². The zero-order chi connectivity index (χ0) is 15.8. The second-order valence-corrected chi connectivity index (χ2v) is 5.82. The lowest BCUT2D eigenvalue weighted by molar-refractivity contribution is -0.139. The van der Waals surface area contributed by atoms with Crippen LogP contribution in [0.3, 0.4) is 0 Å². The summed E-state index contributed by atoms with van der Waals surface area (Å²) in [6, 6.07) is 7.55. The van der Waals surface area contributed by atoms with E-state index in [0.717, 1.165) is 12.1 Å². The lowest BCUT2D eigenvalue weighted by Crippen LogP contribution is -2.11. The van der Waals surface area contributed by atoms with E-state index in [1.807, 2.05) is 0 Å². The normalized spacial score (nSPS) is 12.4. The summed E-state index contributed by atoms with van der Waals surface area (Å²) in [7, 11) is -3.86. The first-order valence-corrected chi connectivity index (χ1v) is 7.13. The molecule has 0 saturated heterocycles. The van der Waals surface area contributed by atoms with Gasteiger partial charge in [0.25, 0.3) is 0 Å². The lowest BCUT2D eigenvalue weighted by Gasteiger charge is -2.09. The Morgan fingerprint density at radius 3 is 1.86 bits per heavy atom. The molecule has 0 atom stereocenters. The van der Waals surface area contributed by atoms with Gasteiger partial charge in [0.1, 0.15) is 5.82 Å². The maximum Gasteiger partial charge on any atom is 0.419 e. The Bertz CT molecular complexity index is 768. The number of nitrogens with two attached hydrogens (primary N) is 1. The highest BCUT2D eigenvalue weighted by Crippen LogP contribution is 2.33. The molecule has 0 aliphatic rings. The van der Waals surface area contributed by atoms with E-state index in [-0.39, 0.29) is 10.5 Å². The Hall–Kier alpha value is -1.93. The van der Waals surface area contributed by atoms with Crippen LogP contribution in [0.2, 0.25) is 0 Å². The third-order valence-electron chi connectivity index (χ3n) is 2.79. The minimum Gasteiger partial charge on any atom is -0.225 e. The van der Waals surface area contributed by atoms with Crippen LogP contribution in [0.4, 0.5) is 17.6 Å². The highest BCUT2D eigenvalue weighted by molar-refractivity contribution is 7.89. The van der Waals surface area contributed by atoms with Crippen LogP contribution in [0, 0.1) is 5.82 Å². The van der Waals surface area contributed by atoms with E-state index < -0.39 is 27.6 Å². The minimum atomic E-state index is -4.76. The van der Waals surface area contributed by atoms with Crippen molar-refractivity contribution in [3.8, 4) is 11.1 Å². The van der Waals surface area contributed by atoms with Gasteiger partial charge in [-0.15, -0.1) is 0 Å². The van der Waals surface area contributed by atoms with Crippen molar-refractivity contribution in [3.05, 3.63) is 53.8 Å². The van der Waals surface area contributed by atoms with Crippen LogP contribution in [-0.4, -0.2) is 8.42 Å². The molecule has 8 heteroatoms. The number of halogens is 4. The molecule has 0 heterocycles. The number of hydrogen-bond donors (Lipinski definition) is 1. The van der Waals surface area contributed by atoms with E-state index in [1.165, 1.54) is 24.3 Å². The number of benzene rings is 2. The topological polar surface area (TPSA) is 60.2 Å². The molecular weight excluding hydrogens is 310 g/mol. The third kappa shape index (κ3) is 3.40. The zero-order valence-corrected chi connectivity index (χ0v) is 11.2. The fourth-order valence-corrected chi connectivity index (χ4v) is 2.28. The maximum atomic E-state index is 13.5. The van der Waals surface area contributed by atoms with Gasteiger partial charge in [0.15, 0.2) is 0 Å². The van der Waals surface area contributed by atoms with Crippen molar-refractivity contribution in [2.24, 2.45) is 5.14 Å². The predicted molar refractivity (Wildman–Crippen MR) is 68.2 cm³/mol. The van der Waals surface area contributed by atoms with Crippen LogP contribution >= 0.6 is 0 Å².